The molecule has 7 heteroatoms. The molecule has 0 aliphatic rings. The highest BCUT2D eigenvalue weighted by atomic mass is 16.2. The molecule has 0 aliphatic heterocycles. The van der Waals surface area contributed by atoms with E-state index in [2.05, 4.69) is 0 Å². The minimum Gasteiger partial charge on any atom is -0.299 e. The van der Waals surface area contributed by atoms with Gasteiger partial charge >= 0.3 is 0 Å². The highest BCUT2D eigenvalue weighted by Crippen LogP contribution is 2.06. The molecule has 0 atom stereocenters. The van der Waals surface area contributed by atoms with Gasteiger partial charge in [-0.15, -0.1) is 0 Å². The molecule has 0 aromatic carbocycles. The zero-order valence-corrected chi connectivity index (χ0v) is 9.77. The van der Waals surface area contributed by atoms with E-state index >= 15 is 0 Å². The zero-order chi connectivity index (χ0) is 12.9. The van der Waals surface area contributed by atoms with Gasteiger partial charge in [0.2, 0.25) is 0 Å². The van der Waals surface area contributed by atoms with E-state index in [-0.39, 0.29) is 13.1 Å². The van der Waals surface area contributed by atoms with Gasteiger partial charge in [-0.3, -0.25) is 24.4 Å². The minimum atomic E-state index is -1.44. The summed E-state index contributed by atoms with van der Waals surface area (Å²) in [5.41, 5.74) is 0. The van der Waals surface area contributed by atoms with E-state index in [1.165, 1.54) is 0 Å². The molecule has 0 saturated carbocycles. The van der Waals surface area contributed by atoms with Gasteiger partial charge in [0.1, 0.15) is 0 Å². The maximum atomic E-state index is 11.7. The lowest BCUT2D eigenvalue weighted by Crippen LogP contribution is -2.52. The van der Waals surface area contributed by atoms with Crippen LogP contribution < -0.4 is 11.7 Å². The molecule has 4 N–H and O–H groups in total. The van der Waals surface area contributed by atoms with Gasteiger partial charge in [-0.2, -0.15) is 0 Å². The predicted octanol–water partition coefficient (Wildman–Crippen LogP) is -1.36. The third-order valence-electron chi connectivity index (χ3n) is 2.15. The summed E-state index contributed by atoms with van der Waals surface area (Å²) >= 11 is 0. The molecule has 2 amide bonds. The lowest BCUT2D eigenvalue weighted by Gasteiger charge is -2.23. The van der Waals surface area contributed by atoms with Gasteiger partial charge in [0.15, 0.2) is 11.7 Å². The molecule has 0 bridgehead atoms. The largest absolute Gasteiger partial charge is 0.299 e. The average Bonchev–Trinajstić information content (AvgIpc) is 2.26. The number of nitrogens with zero attached hydrogens (tertiary/aromatic N) is 2. The first-order valence-corrected chi connectivity index (χ1v) is 4.99. The van der Waals surface area contributed by atoms with Crippen LogP contribution in [-0.4, -0.2) is 40.7 Å². The van der Waals surface area contributed by atoms with E-state index in [0.717, 1.165) is 16.9 Å². The van der Waals surface area contributed by atoms with Crippen LogP contribution in [0.1, 0.15) is 20.8 Å². The third kappa shape index (κ3) is 3.28. The van der Waals surface area contributed by atoms with Crippen molar-refractivity contribution in [2.24, 2.45) is 17.6 Å². The first-order valence-electron chi connectivity index (χ1n) is 4.99. The number of ketones is 1. The van der Waals surface area contributed by atoms with Crippen LogP contribution in [0.25, 0.3) is 0 Å². The molecule has 0 rings (SSSR count). The van der Waals surface area contributed by atoms with E-state index in [1.54, 1.807) is 13.8 Å². The molecule has 0 aromatic heterocycles. The van der Waals surface area contributed by atoms with Gasteiger partial charge in [-0.25, -0.2) is 11.7 Å². The SMILES string of the molecule is CCN(N)C(=O)C(C(C)=O)C(=O)N(N)CC. The van der Waals surface area contributed by atoms with Crippen molar-refractivity contribution < 1.29 is 14.4 Å². The Hall–Kier alpha value is -1.47. The van der Waals surface area contributed by atoms with Crippen molar-refractivity contribution in [3.63, 3.8) is 0 Å². The van der Waals surface area contributed by atoms with Gasteiger partial charge in [-0.05, 0) is 20.8 Å². The molecule has 0 fully saturated rings. The smallest absolute Gasteiger partial charge is 0.256 e. The van der Waals surface area contributed by atoms with Gasteiger partial charge < -0.3 is 0 Å². The third-order valence-corrected chi connectivity index (χ3v) is 2.15. The van der Waals surface area contributed by atoms with E-state index in [0.29, 0.717) is 0 Å². The summed E-state index contributed by atoms with van der Waals surface area (Å²) in [6.45, 7) is 4.87. The molecule has 0 heterocycles. The lowest BCUT2D eigenvalue weighted by molar-refractivity contribution is -0.151. The van der Waals surface area contributed by atoms with E-state index < -0.39 is 23.5 Å². The number of hydrogen-bond acceptors (Lipinski definition) is 5. The molecule has 0 spiro atoms. The van der Waals surface area contributed by atoms with Crippen LogP contribution in [0.4, 0.5) is 0 Å². The second-order valence-corrected chi connectivity index (χ2v) is 3.29. The van der Waals surface area contributed by atoms with Crippen LogP contribution in [0.3, 0.4) is 0 Å². The molecule has 92 valence electrons. The summed E-state index contributed by atoms with van der Waals surface area (Å²) in [6, 6.07) is 0. The molecule has 0 aromatic rings. The van der Waals surface area contributed by atoms with Crippen molar-refractivity contribution in [3.8, 4) is 0 Å². The van der Waals surface area contributed by atoms with Gasteiger partial charge in [0.25, 0.3) is 11.8 Å². The van der Waals surface area contributed by atoms with Crippen LogP contribution in [0.15, 0.2) is 0 Å². The van der Waals surface area contributed by atoms with E-state index in [9.17, 15) is 14.4 Å². The average molecular weight is 230 g/mol. The quantitative estimate of drug-likeness (QED) is 0.262. The second kappa shape index (κ2) is 6.19. The summed E-state index contributed by atoms with van der Waals surface area (Å²) in [5.74, 6) is 7.24. The molecule has 7 nitrogen and oxygen atoms in total. The topological polar surface area (TPSA) is 110 Å². The second-order valence-electron chi connectivity index (χ2n) is 3.29. The normalized spacial score (nSPS) is 10.1. The number of carbonyl (C=O) groups excluding carboxylic acids is 3. The van der Waals surface area contributed by atoms with Gasteiger partial charge in [0.05, 0.1) is 0 Å². The summed E-state index contributed by atoms with van der Waals surface area (Å²) in [6.07, 6.45) is 0. The Morgan fingerprint density at radius 3 is 1.50 bits per heavy atom. The summed E-state index contributed by atoms with van der Waals surface area (Å²) in [4.78, 5) is 34.6. The molecule has 0 aliphatic carbocycles. The Morgan fingerprint density at radius 1 is 1.00 bits per heavy atom. The van der Waals surface area contributed by atoms with Crippen LogP contribution >= 0.6 is 0 Å². The number of carbonyl (C=O) groups is 3. The molecule has 0 radical (unpaired) electrons. The Kier molecular flexibility index (Phi) is 5.62. The van der Waals surface area contributed by atoms with Crippen molar-refractivity contribution in [2.75, 3.05) is 13.1 Å². The fourth-order valence-corrected chi connectivity index (χ4v) is 1.10. The standard InChI is InChI=1S/C9H18N4O3/c1-4-12(10)8(15)7(6(3)14)9(16)13(11)5-2/h7H,4-5,10-11H2,1-3H3. The first-order chi connectivity index (χ1) is 7.36. The van der Waals surface area contributed by atoms with Crippen molar-refractivity contribution in [2.45, 2.75) is 20.8 Å². The fraction of sp³-hybridized carbons (Fsp3) is 0.667. The maximum absolute atomic E-state index is 11.7. The maximum Gasteiger partial charge on any atom is 0.256 e. The Morgan fingerprint density at radius 2 is 1.31 bits per heavy atom. The van der Waals surface area contributed by atoms with Crippen LogP contribution in [0, 0.1) is 5.92 Å². The fourth-order valence-electron chi connectivity index (χ4n) is 1.10. The first kappa shape index (κ1) is 14.5. The lowest BCUT2D eigenvalue weighted by atomic mass is 10.0. The van der Waals surface area contributed by atoms with Crippen molar-refractivity contribution >= 4 is 17.6 Å². The van der Waals surface area contributed by atoms with Gasteiger partial charge in [0, 0.05) is 13.1 Å². The molecule has 16 heavy (non-hydrogen) atoms. The molecular weight excluding hydrogens is 212 g/mol. The zero-order valence-electron chi connectivity index (χ0n) is 9.77. The highest BCUT2D eigenvalue weighted by molar-refractivity contribution is 6.17. The summed E-state index contributed by atoms with van der Waals surface area (Å²) in [7, 11) is 0. The number of hydrazine groups is 2. The Balaban J connectivity index is 4.95. The van der Waals surface area contributed by atoms with Crippen LogP contribution in [-0.2, 0) is 14.4 Å². The van der Waals surface area contributed by atoms with E-state index in [1.807, 2.05) is 0 Å². The van der Waals surface area contributed by atoms with Crippen molar-refractivity contribution in [3.05, 3.63) is 0 Å². The summed E-state index contributed by atoms with van der Waals surface area (Å²) < 4.78 is 0. The number of Topliss-reactive ketones (excluding diaryl/α,β-unsaturated/α-hetero) is 1. The Bertz CT molecular complexity index is 270. The Labute approximate surface area is 94.3 Å². The number of nitrogens with two attached hydrogens (primary N) is 2. The van der Waals surface area contributed by atoms with Crippen LogP contribution in [0.5, 0.6) is 0 Å². The molecular formula is C9H18N4O3. The summed E-state index contributed by atoms with van der Waals surface area (Å²) in [5, 5.41) is 1.65. The van der Waals surface area contributed by atoms with E-state index in [4.69, 9.17) is 11.7 Å². The predicted molar refractivity (Wildman–Crippen MR) is 57.3 cm³/mol. The number of hydrogen-bond donors (Lipinski definition) is 2. The molecule has 0 saturated heterocycles. The number of rotatable bonds is 5. The monoisotopic (exact) mass is 230 g/mol. The minimum absolute atomic E-state index is 0.215. The van der Waals surface area contributed by atoms with Crippen molar-refractivity contribution in [1.29, 1.82) is 0 Å². The van der Waals surface area contributed by atoms with Crippen molar-refractivity contribution in [1.82, 2.24) is 10.0 Å². The molecule has 0 unspecified atom stereocenters. The van der Waals surface area contributed by atoms with Gasteiger partial charge in [-0.1, -0.05) is 0 Å². The van der Waals surface area contributed by atoms with Crippen LogP contribution in [0.2, 0.25) is 0 Å². The number of amides is 2. The highest BCUT2D eigenvalue weighted by Gasteiger charge is 2.35.